The van der Waals surface area contributed by atoms with Crippen LogP contribution in [0.4, 0.5) is 8.78 Å². The SMILES string of the molecule is Cc1cc(-c2cnn(C)c2)cc2c(C(=O)NC3CCC(F)(F)CC3)[nH]nc12. The second-order valence-electron chi connectivity index (χ2n) is 7.29. The number of nitrogens with one attached hydrogen (secondary N) is 2. The summed E-state index contributed by atoms with van der Waals surface area (Å²) in [7, 11) is 1.85. The fraction of sp³-hybridized carbons (Fsp3) is 0.421. The lowest BCUT2D eigenvalue weighted by atomic mass is 9.92. The van der Waals surface area contributed by atoms with Crippen LogP contribution in [0.2, 0.25) is 0 Å². The molecule has 0 unspecified atom stereocenters. The zero-order chi connectivity index (χ0) is 19.2. The van der Waals surface area contributed by atoms with Gasteiger partial charge < -0.3 is 5.32 Å². The number of aryl methyl sites for hydroxylation is 2. The highest BCUT2D eigenvalue weighted by atomic mass is 19.3. The standard InChI is InChI=1S/C19H21F2N5O/c1-11-7-12(13-9-22-26(2)10-13)8-15-16(11)24-25-17(15)18(27)23-14-3-5-19(20,21)6-4-14/h7-10,14H,3-6H2,1-2H3,(H,23,27)(H,24,25). The Morgan fingerprint density at radius 1 is 1.30 bits per heavy atom. The van der Waals surface area contributed by atoms with Gasteiger partial charge in [0.15, 0.2) is 0 Å². The van der Waals surface area contributed by atoms with E-state index in [1.54, 1.807) is 10.9 Å². The average molecular weight is 373 g/mol. The van der Waals surface area contributed by atoms with Crippen molar-refractivity contribution in [1.82, 2.24) is 25.3 Å². The smallest absolute Gasteiger partial charge is 0.270 e. The van der Waals surface area contributed by atoms with Gasteiger partial charge in [0.25, 0.3) is 5.91 Å². The number of fused-ring (bicyclic) bond motifs is 1. The number of carbonyl (C=O) groups is 1. The lowest BCUT2D eigenvalue weighted by Crippen LogP contribution is -2.40. The minimum Gasteiger partial charge on any atom is -0.348 e. The summed E-state index contributed by atoms with van der Waals surface area (Å²) >= 11 is 0. The van der Waals surface area contributed by atoms with E-state index in [0.717, 1.165) is 22.2 Å². The van der Waals surface area contributed by atoms with Crippen LogP contribution in [-0.4, -0.2) is 37.8 Å². The van der Waals surface area contributed by atoms with Gasteiger partial charge in [-0.3, -0.25) is 14.6 Å². The minimum absolute atomic E-state index is 0.189. The normalized spacial score (nSPS) is 17.3. The molecule has 27 heavy (non-hydrogen) atoms. The summed E-state index contributed by atoms with van der Waals surface area (Å²) in [6, 6.07) is 3.68. The van der Waals surface area contributed by atoms with Gasteiger partial charge in [-0.25, -0.2) is 8.78 Å². The number of aromatic nitrogens is 4. The van der Waals surface area contributed by atoms with Crippen LogP contribution in [0.25, 0.3) is 22.0 Å². The van der Waals surface area contributed by atoms with Crippen molar-refractivity contribution in [1.29, 1.82) is 0 Å². The fourth-order valence-electron chi connectivity index (χ4n) is 3.64. The van der Waals surface area contributed by atoms with E-state index in [9.17, 15) is 13.6 Å². The molecule has 1 saturated carbocycles. The number of hydrogen-bond donors (Lipinski definition) is 2. The van der Waals surface area contributed by atoms with Crippen molar-refractivity contribution in [2.24, 2.45) is 7.05 Å². The van der Waals surface area contributed by atoms with E-state index in [1.807, 2.05) is 32.3 Å². The van der Waals surface area contributed by atoms with Crippen LogP contribution in [0.3, 0.4) is 0 Å². The molecule has 0 bridgehead atoms. The van der Waals surface area contributed by atoms with E-state index < -0.39 is 5.92 Å². The monoisotopic (exact) mass is 373 g/mol. The molecular weight excluding hydrogens is 352 g/mol. The predicted octanol–water partition coefficient (Wildman–Crippen LogP) is 3.58. The number of H-pyrrole nitrogens is 1. The molecule has 0 spiro atoms. The molecule has 8 heteroatoms. The van der Waals surface area contributed by atoms with E-state index in [4.69, 9.17) is 0 Å². The Morgan fingerprint density at radius 3 is 2.70 bits per heavy atom. The molecule has 0 radical (unpaired) electrons. The Morgan fingerprint density at radius 2 is 2.04 bits per heavy atom. The molecule has 0 atom stereocenters. The quantitative estimate of drug-likeness (QED) is 0.737. The fourth-order valence-corrected chi connectivity index (χ4v) is 3.64. The van der Waals surface area contributed by atoms with Crippen LogP contribution >= 0.6 is 0 Å². The number of amides is 1. The van der Waals surface area contributed by atoms with Gasteiger partial charge in [0.05, 0.1) is 11.7 Å². The summed E-state index contributed by atoms with van der Waals surface area (Å²) in [5, 5.41) is 14.9. The maximum atomic E-state index is 13.3. The third kappa shape index (κ3) is 3.43. The molecule has 0 saturated heterocycles. The molecule has 1 aliphatic rings. The topological polar surface area (TPSA) is 75.6 Å². The van der Waals surface area contributed by atoms with Crippen LogP contribution in [0, 0.1) is 6.92 Å². The summed E-state index contributed by atoms with van der Waals surface area (Å²) in [5.41, 5.74) is 3.92. The van der Waals surface area contributed by atoms with Gasteiger partial charge in [-0.15, -0.1) is 0 Å². The van der Waals surface area contributed by atoms with Gasteiger partial charge in [-0.2, -0.15) is 10.2 Å². The van der Waals surface area contributed by atoms with Crippen LogP contribution in [0.1, 0.15) is 41.7 Å². The summed E-state index contributed by atoms with van der Waals surface area (Å²) in [5.74, 6) is -2.92. The molecule has 2 N–H and O–H groups in total. The van der Waals surface area contributed by atoms with Crippen LogP contribution < -0.4 is 5.32 Å². The maximum Gasteiger partial charge on any atom is 0.270 e. The van der Waals surface area contributed by atoms with Gasteiger partial charge in [0.1, 0.15) is 5.69 Å². The summed E-state index contributed by atoms with van der Waals surface area (Å²) < 4.78 is 28.3. The Bertz CT molecular complexity index is 997. The molecule has 2 aromatic heterocycles. The molecule has 1 aromatic carbocycles. The van der Waals surface area contributed by atoms with Gasteiger partial charge >= 0.3 is 0 Å². The van der Waals surface area contributed by atoms with Crippen molar-refractivity contribution in [3.63, 3.8) is 0 Å². The van der Waals surface area contributed by atoms with Crippen LogP contribution in [0.5, 0.6) is 0 Å². The highest BCUT2D eigenvalue weighted by molar-refractivity contribution is 6.06. The summed E-state index contributed by atoms with van der Waals surface area (Å²) in [6.07, 6.45) is 3.86. The Hall–Kier alpha value is -2.77. The zero-order valence-corrected chi connectivity index (χ0v) is 15.2. The zero-order valence-electron chi connectivity index (χ0n) is 15.2. The van der Waals surface area contributed by atoms with E-state index in [2.05, 4.69) is 20.6 Å². The first-order valence-corrected chi connectivity index (χ1v) is 8.99. The Balaban J connectivity index is 1.62. The highest BCUT2D eigenvalue weighted by Crippen LogP contribution is 2.33. The average Bonchev–Trinajstić information content (AvgIpc) is 3.23. The first-order valence-electron chi connectivity index (χ1n) is 8.99. The van der Waals surface area contributed by atoms with Crippen molar-refractivity contribution in [2.45, 2.75) is 44.6 Å². The highest BCUT2D eigenvalue weighted by Gasteiger charge is 2.35. The van der Waals surface area contributed by atoms with Crippen molar-refractivity contribution in [2.75, 3.05) is 0 Å². The number of alkyl halides is 2. The largest absolute Gasteiger partial charge is 0.348 e. The second-order valence-corrected chi connectivity index (χ2v) is 7.29. The molecule has 1 fully saturated rings. The third-order valence-electron chi connectivity index (χ3n) is 5.17. The minimum atomic E-state index is -2.61. The number of hydrogen-bond acceptors (Lipinski definition) is 3. The molecule has 4 rings (SSSR count). The lowest BCUT2D eigenvalue weighted by Gasteiger charge is -2.28. The van der Waals surface area contributed by atoms with E-state index in [-0.39, 0.29) is 37.6 Å². The number of benzene rings is 1. The molecule has 0 aliphatic heterocycles. The predicted molar refractivity (Wildman–Crippen MR) is 97.7 cm³/mol. The van der Waals surface area contributed by atoms with Crippen LogP contribution in [-0.2, 0) is 7.05 Å². The Labute approximate surface area is 154 Å². The van der Waals surface area contributed by atoms with Crippen LogP contribution in [0.15, 0.2) is 24.5 Å². The van der Waals surface area contributed by atoms with Crippen molar-refractivity contribution >= 4 is 16.8 Å². The number of aromatic amines is 1. The second kappa shape index (κ2) is 6.44. The molecule has 1 amide bonds. The molecule has 142 valence electrons. The number of rotatable bonds is 3. The molecule has 6 nitrogen and oxygen atoms in total. The van der Waals surface area contributed by atoms with Gasteiger partial charge in [0, 0.05) is 43.1 Å². The molecule has 2 heterocycles. The van der Waals surface area contributed by atoms with Gasteiger partial charge in [-0.1, -0.05) is 0 Å². The summed E-state index contributed by atoms with van der Waals surface area (Å²) in [6.45, 7) is 1.94. The van der Waals surface area contributed by atoms with E-state index >= 15 is 0 Å². The maximum absolute atomic E-state index is 13.3. The molecule has 1 aliphatic carbocycles. The lowest BCUT2D eigenvalue weighted by molar-refractivity contribution is -0.0399. The van der Waals surface area contributed by atoms with Crippen molar-refractivity contribution < 1.29 is 13.6 Å². The molecule has 3 aromatic rings. The van der Waals surface area contributed by atoms with Gasteiger partial charge in [0.2, 0.25) is 5.92 Å². The first-order chi connectivity index (χ1) is 12.8. The van der Waals surface area contributed by atoms with Gasteiger partial charge in [-0.05, 0) is 43.0 Å². The third-order valence-corrected chi connectivity index (χ3v) is 5.17. The number of nitrogens with zero attached hydrogens (tertiary/aromatic N) is 3. The first kappa shape index (κ1) is 17.6. The molecular formula is C19H21F2N5O. The Kier molecular flexibility index (Phi) is 4.20. The van der Waals surface area contributed by atoms with Crippen molar-refractivity contribution in [3.8, 4) is 11.1 Å². The van der Waals surface area contributed by atoms with E-state index in [1.165, 1.54) is 0 Å². The number of halogens is 2. The number of carbonyl (C=O) groups excluding carboxylic acids is 1. The van der Waals surface area contributed by atoms with E-state index in [0.29, 0.717) is 11.1 Å². The van der Waals surface area contributed by atoms with Crippen molar-refractivity contribution in [3.05, 3.63) is 35.8 Å². The summed E-state index contributed by atoms with van der Waals surface area (Å²) in [4.78, 5) is 12.7.